The Bertz CT molecular complexity index is 798. The van der Waals surface area contributed by atoms with E-state index in [4.69, 9.17) is 5.73 Å². The molecule has 2 aromatic heterocycles. The third-order valence-electron chi connectivity index (χ3n) is 4.48. The standard InChI is InChI=1S/C17H20N6/c18-17-14-6-1-2-7-15(14)20-16(21-17)12-22-9-3-5-13(22)11-23-10-4-8-19-23/h1-2,4,6-8,10,13H,3,5,9,11-12H2,(H2,18,20,21)/t13-/m1/s1. The monoisotopic (exact) mass is 308 g/mol. The molecule has 23 heavy (non-hydrogen) atoms. The van der Waals surface area contributed by atoms with E-state index < -0.39 is 0 Å². The molecule has 1 saturated heterocycles. The Labute approximate surface area is 135 Å². The molecule has 6 nitrogen and oxygen atoms in total. The number of nitrogens with two attached hydrogens (primary N) is 1. The summed E-state index contributed by atoms with van der Waals surface area (Å²) in [6, 6.07) is 10.3. The number of benzene rings is 1. The Hall–Kier alpha value is -2.47. The Morgan fingerprint density at radius 1 is 1.17 bits per heavy atom. The summed E-state index contributed by atoms with van der Waals surface area (Å²) in [5.41, 5.74) is 7.01. The average molecular weight is 308 g/mol. The highest BCUT2D eigenvalue weighted by atomic mass is 15.3. The van der Waals surface area contributed by atoms with Crippen molar-refractivity contribution in [2.75, 3.05) is 12.3 Å². The average Bonchev–Trinajstić information content (AvgIpc) is 3.21. The zero-order valence-electron chi connectivity index (χ0n) is 13.0. The van der Waals surface area contributed by atoms with Crippen LogP contribution in [-0.2, 0) is 13.1 Å². The van der Waals surface area contributed by atoms with E-state index in [0.29, 0.717) is 11.9 Å². The van der Waals surface area contributed by atoms with E-state index in [2.05, 4.69) is 20.0 Å². The molecular formula is C17H20N6. The summed E-state index contributed by atoms with van der Waals surface area (Å²) in [4.78, 5) is 11.6. The molecule has 2 N–H and O–H groups in total. The van der Waals surface area contributed by atoms with Crippen molar-refractivity contribution >= 4 is 16.7 Å². The van der Waals surface area contributed by atoms with Crippen molar-refractivity contribution in [3.05, 3.63) is 48.5 Å². The van der Waals surface area contributed by atoms with Crippen molar-refractivity contribution in [3.8, 4) is 0 Å². The predicted octanol–water partition coefficient (Wildman–Crippen LogP) is 2.07. The molecule has 3 heterocycles. The van der Waals surface area contributed by atoms with Crippen LogP contribution in [0.15, 0.2) is 42.7 Å². The lowest BCUT2D eigenvalue weighted by molar-refractivity contribution is 0.214. The number of hydrogen-bond acceptors (Lipinski definition) is 5. The van der Waals surface area contributed by atoms with Gasteiger partial charge in [-0.15, -0.1) is 0 Å². The SMILES string of the molecule is Nc1nc(CN2CCC[C@@H]2Cn2cccn2)nc2ccccc12. The molecule has 1 atom stereocenters. The van der Waals surface area contributed by atoms with Gasteiger partial charge in [0.2, 0.25) is 0 Å². The van der Waals surface area contributed by atoms with Gasteiger partial charge in [0.15, 0.2) is 0 Å². The number of nitrogen functional groups attached to an aromatic ring is 1. The summed E-state index contributed by atoms with van der Waals surface area (Å²) in [6.45, 7) is 2.72. The molecule has 0 spiro atoms. The van der Waals surface area contributed by atoms with Crippen molar-refractivity contribution in [3.63, 3.8) is 0 Å². The lowest BCUT2D eigenvalue weighted by Gasteiger charge is -2.23. The quantitative estimate of drug-likeness (QED) is 0.799. The van der Waals surface area contributed by atoms with Crippen molar-refractivity contribution in [2.45, 2.75) is 32.0 Å². The number of para-hydroxylation sites is 1. The predicted molar refractivity (Wildman–Crippen MR) is 89.6 cm³/mol. The normalized spacial score (nSPS) is 18.7. The topological polar surface area (TPSA) is 72.9 Å². The van der Waals surface area contributed by atoms with Gasteiger partial charge < -0.3 is 5.73 Å². The summed E-state index contributed by atoms with van der Waals surface area (Å²) in [5.74, 6) is 1.36. The van der Waals surface area contributed by atoms with Crippen LogP contribution in [-0.4, -0.2) is 37.2 Å². The van der Waals surface area contributed by atoms with E-state index in [0.717, 1.165) is 36.4 Å². The first kappa shape index (κ1) is 14.1. The molecule has 1 aromatic carbocycles. The van der Waals surface area contributed by atoms with Gasteiger partial charge in [0.25, 0.3) is 0 Å². The minimum absolute atomic E-state index is 0.478. The van der Waals surface area contributed by atoms with Crippen LogP contribution < -0.4 is 5.73 Å². The van der Waals surface area contributed by atoms with Gasteiger partial charge in [0.1, 0.15) is 11.6 Å². The second-order valence-corrected chi connectivity index (χ2v) is 6.04. The molecule has 1 aliphatic heterocycles. The van der Waals surface area contributed by atoms with Crippen molar-refractivity contribution in [2.24, 2.45) is 0 Å². The highest BCUT2D eigenvalue weighted by molar-refractivity contribution is 5.87. The van der Waals surface area contributed by atoms with Crippen LogP contribution in [0.1, 0.15) is 18.7 Å². The second kappa shape index (κ2) is 5.96. The summed E-state index contributed by atoms with van der Waals surface area (Å²) < 4.78 is 2.00. The highest BCUT2D eigenvalue weighted by Crippen LogP contribution is 2.22. The van der Waals surface area contributed by atoms with Crippen molar-refractivity contribution in [1.82, 2.24) is 24.6 Å². The second-order valence-electron chi connectivity index (χ2n) is 6.04. The molecule has 0 unspecified atom stereocenters. The van der Waals surface area contributed by atoms with E-state index in [-0.39, 0.29) is 0 Å². The molecule has 0 radical (unpaired) electrons. The van der Waals surface area contributed by atoms with E-state index in [9.17, 15) is 0 Å². The lowest BCUT2D eigenvalue weighted by atomic mass is 10.2. The lowest BCUT2D eigenvalue weighted by Crippen LogP contribution is -2.33. The molecule has 0 saturated carbocycles. The number of aromatic nitrogens is 4. The molecule has 3 aromatic rings. The first-order chi connectivity index (χ1) is 11.3. The number of nitrogens with zero attached hydrogens (tertiary/aromatic N) is 5. The molecule has 0 bridgehead atoms. The molecular weight excluding hydrogens is 288 g/mol. The number of likely N-dealkylation sites (tertiary alicyclic amines) is 1. The fraction of sp³-hybridized carbons (Fsp3) is 0.353. The zero-order chi connectivity index (χ0) is 15.6. The van der Waals surface area contributed by atoms with Gasteiger partial charge >= 0.3 is 0 Å². The van der Waals surface area contributed by atoms with Gasteiger partial charge in [-0.3, -0.25) is 9.58 Å². The van der Waals surface area contributed by atoms with E-state index in [1.54, 1.807) is 0 Å². The zero-order valence-corrected chi connectivity index (χ0v) is 13.0. The first-order valence-corrected chi connectivity index (χ1v) is 8.02. The van der Waals surface area contributed by atoms with Gasteiger partial charge in [0.05, 0.1) is 18.6 Å². The van der Waals surface area contributed by atoms with Gasteiger partial charge in [-0.1, -0.05) is 12.1 Å². The van der Waals surface area contributed by atoms with Crippen LogP contribution in [0.25, 0.3) is 10.9 Å². The third-order valence-corrected chi connectivity index (χ3v) is 4.48. The maximum atomic E-state index is 6.09. The van der Waals surface area contributed by atoms with Crippen LogP contribution >= 0.6 is 0 Å². The molecule has 118 valence electrons. The minimum atomic E-state index is 0.478. The van der Waals surface area contributed by atoms with Crippen LogP contribution in [0.2, 0.25) is 0 Å². The summed E-state index contributed by atoms with van der Waals surface area (Å²) in [6.07, 6.45) is 6.23. The molecule has 1 aliphatic rings. The Morgan fingerprint density at radius 2 is 2.09 bits per heavy atom. The van der Waals surface area contributed by atoms with Gasteiger partial charge in [-0.25, -0.2) is 9.97 Å². The Morgan fingerprint density at radius 3 is 2.96 bits per heavy atom. The maximum Gasteiger partial charge on any atom is 0.145 e. The largest absolute Gasteiger partial charge is 0.383 e. The maximum absolute atomic E-state index is 6.09. The van der Waals surface area contributed by atoms with Crippen LogP contribution in [0.4, 0.5) is 5.82 Å². The highest BCUT2D eigenvalue weighted by Gasteiger charge is 2.26. The van der Waals surface area contributed by atoms with E-state index in [1.807, 2.05) is 47.4 Å². The van der Waals surface area contributed by atoms with Crippen LogP contribution in [0, 0.1) is 0 Å². The fourth-order valence-electron chi connectivity index (χ4n) is 3.34. The van der Waals surface area contributed by atoms with Crippen LogP contribution in [0.3, 0.4) is 0 Å². The Balaban J connectivity index is 1.54. The summed E-state index contributed by atoms with van der Waals surface area (Å²) in [7, 11) is 0. The molecule has 1 fully saturated rings. The van der Waals surface area contributed by atoms with Gasteiger partial charge in [-0.2, -0.15) is 5.10 Å². The Kier molecular flexibility index (Phi) is 3.67. The number of fused-ring (bicyclic) bond motifs is 1. The van der Waals surface area contributed by atoms with Crippen molar-refractivity contribution < 1.29 is 0 Å². The number of anilines is 1. The third kappa shape index (κ3) is 2.90. The van der Waals surface area contributed by atoms with Gasteiger partial charge in [-0.05, 0) is 37.6 Å². The molecule has 0 aliphatic carbocycles. The van der Waals surface area contributed by atoms with Crippen LogP contribution in [0.5, 0.6) is 0 Å². The molecule has 4 rings (SSSR count). The summed E-state index contributed by atoms with van der Waals surface area (Å²) in [5, 5.41) is 5.24. The van der Waals surface area contributed by atoms with Gasteiger partial charge in [0, 0.05) is 23.8 Å². The molecule has 0 amide bonds. The fourth-order valence-corrected chi connectivity index (χ4v) is 3.34. The molecule has 6 heteroatoms. The number of hydrogen-bond donors (Lipinski definition) is 1. The van der Waals surface area contributed by atoms with Crippen molar-refractivity contribution in [1.29, 1.82) is 0 Å². The minimum Gasteiger partial charge on any atom is -0.383 e. The van der Waals surface area contributed by atoms with E-state index >= 15 is 0 Å². The summed E-state index contributed by atoms with van der Waals surface area (Å²) >= 11 is 0. The number of rotatable bonds is 4. The smallest absolute Gasteiger partial charge is 0.145 e. The first-order valence-electron chi connectivity index (χ1n) is 8.02. The van der Waals surface area contributed by atoms with E-state index in [1.165, 1.54) is 12.8 Å².